The van der Waals surface area contributed by atoms with Crippen LogP contribution < -0.4 is 5.73 Å². The molecule has 0 fully saturated rings. The normalized spacial score (nSPS) is 14.3. The second-order valence-electron chi connectivity index (χ2n) is 3.20. The highest BCUT2D eigenvalue weighted by atomic mass is 16.2. The molecule has 0 atom stereocenters. The fourth-order valence-corrected chi connectivity index (χ4v) is 1.56. The predicted octanol–water partition coefficient (Wildman–Crippen LogP) is 0.806. The van der Waals surface area contributed by atoms with E-state index in [1.807, 2.05) is 0 Å². The van der Waals surface area contributed by atoms with Gasteiger partial charge in [0.15, 0.2) is 0 Å². The first-order valence-corrected chi connectivity index (χ1v) is 4.38. The maximum absolute atomic E-state index is 11.7. The van der Waals surface area contributed by atoms with Gasteiger partial charge in [-0.3, -0.25) is 4.79 Å². The first-order valence-electron chi connectivity index (χ1n) is 4.38. The van der Waals surface area contributed by atoms with Crippen LogP contribution in [0.1, 0.15) is 16.1 Å². The minimum absolute atomic E-state index is 0.00685. The molecule has 1 aliphatic rings. The summed E-state index contributed by atoms with van der Waals surface area (Å²) in [6.45, 7) is 4.68. The Labute approximate surface area is 82.0 Å². The highest BCUT2D eigenvalue weighted by Crippen LogP contribution is 2.21. The van der Waals surface area contributed by atoms with E-state index in [0.29, 0.717) is 24.5 Å². The van der Waals surface area contributed by atoms with E-state index in [0.717, 1.165) is 5.69 Å². The van der Waals surface area contributed by atoms with Crippen molar-refractivity contribution < 1.29 is 4.79 Å². The van der Waals surface area contributed by atoms with Crippen molar-refractivity contribution in [2.45, 2.75) is 6.54 Å². The Morgan fingerprint density at radius 2 is 2.43 bits per heavy atom. The first-order chi connectivity index (χ1) is 6.72. The van der Waals surface area contributed by atoms with Gasteiger partial charge in [-0.25, -0.2) is 4.98 Å². The van der Waals surface area contributed by atoms with E-state index in [2.05, 4.69) is 11.6 Å². The first kappa shape index (κ1) is 8.74. The number of hydrogen-bond donors (Lipinski definition) is 1. The molecular formula is C10H11N3O. The second-order valence-corrected chi connectivity index (χ2v) is 3.20. The molecule has 4 heteroatoms. The van der Waals surface area contributed by atoms with E-state index in [-0.39, 0.29) is 5.91 Å². The zero-order valence-electron chi connectivity index (χ0n) is 7.73. The highest BCUT2D eigenvalue weighted by molar-refractivity contribution is 5.98. The van der Waals surface area contributed by atoms with Gasteiger partial charge in [0, 0.05) is 6.54 Å². The van der Waals surface area contributed by atoms with E-state index >= 15 is 0 Å². The van der Waals surface area contributed by atoms with E-state index in [9.17, 15) is 4.79 Å². The summed E-state index contributed by atoms with van der Waals surface area (Å²) in [5, 5.41) is 0. The number of anilines is 1. The Morgan fingerprint density at radius 1 is 1.64 bits per heavy atom. The number of nitrogens with zero attached hydrogens (tertiary/aromatic N) is 2. The standard InChI is InChI=1S/C10H11N3O/c1-2-5-13-6-8-7(10(13)14)3-4-9(11)12-8/h2-4H,1,5-6H2,(H2,11,12). The average molecular weight is 189 g/mol. The topological polar surface area (TPSA) is 59.2 Å². The molecular weight excluding hydrogens is 178 g/mol. The highest BCUT2D eigenvalue weighted by Gasteiger charge is 2.27. The largest absolute Gasteiger partial charge is 0.384 e. The summed E-state index contributed by atoms with van der Waals surface area (Å²) in [6, 6.07) is 3.37. The lowest BCUT2D eigenvalue weighted by atomic mass is 10.2. The summed E-state index contributed by atoms with van der Waals surface area (Å²) in [5.74, 6) is 0.462. The van der Waals surface area contributed by atoms with Crippen molar-refractivity contribution in [1.29, 1.82) is 0 Å². The quantitative estimate of drug-likeness (QED) is 0.700. The van der Waals surface area contributed by atoms with E-state index < -0.39 is 0 Å². The Hall–Kier alpha value is -1.84. The number of aromatic nitrogens is 1. The molecule has 2 heterocycles. The van der Waals surface area contributed by atoms with Crippen molar-refractivity contribution in [1.82, 2.24) is 9.88 Å². The maximum Gasteiger partial charge on any atom is 0.256 e. The van der Waals surface area contributed by atoms with Crippen LogP contribution >= 0.6 is 0 Å². The lowest BCUT2D eigenvalue weighted by molar-refractivity contribution is 0.0796. The van der Waals surface area contributed by atoms with Crippen molar-refractivity contribution in [2.24, 2.45) is 0 Å². The van der Waals surface area contributed by atoms with Crippen molar-refractivity contribution in [3.63, 3.8) is 0 Å². The molecule has 0 unspecified atom stereocenters. The van der Waals surface area contributed by atoms with Gasteiger partial charge in [-0.2, -0.15) is 0 Å². The van der Waals surface area contributed by atoms with Crippen LogP contribution in [0.15, 0.2) is 24.8 Å². The van der Waals surface area contributed by atoms with Crippen LogP contribution in [0.4, 0.5) is 5.82 Å². The molecule has 72 valence electrons. The minimum atomic E-state index is 0.00685. The van der Waals surface area contributed by atoms with Gasteiger partial charge < -0.3 is 10.6 Å². The number of hydrogen-bond acceptors (Lipinski definition) is 3. The third kappa shape index (κ3) is 1.25. The summed E-state index contributed by atoms with van der Waals surface area (Å²) in [6.07, 6.45) is 1.70. The lowest BCUT2D eigenvalue weighted by Gasteiger charge is -2.11. The van der Waals surface area contributed by atoms with E-state index in [4.69, 9.17) is 5.73 Å². The zero-order chi connectivity index (χ0) is 10.1. The van der Waals surface area contributed by atoms with Crippen LogP contribution in [0.3, 0.4) is 0 Å². The van der Waals surface area contributed by atoms with Crippen molar-refractivity contribution in [3.8, 4) is 0 Å². The molecule has 0 radical (unpaired) electrons. The van der Waals surface area contributed by atoms with Crippen molar-refractivity contribution in [3.05, 3.63) is 36.0 Å². The van der Waals surface area contributed by atoms with Crippen LogP contribution in [0, 0.1) is 0 Å². The predicted molar refractivity (Wildman–Crippen MR) is 53.6 cm³/mol. The van der Waals surface area contributed by atoms with Crippen molar-refractivity contribution >= 4 is 11.7 Å². The average Bonchev–Trinajstić information content (AvgIpc) is 2.44. The van der Waals surface area contributed by atoms with Crippen LogP contribution in [0.25, 0.3) is 0 Å². The fraction of sp³-hybridized carbons (Fsp3) is 0.200. The molecule has 1 aliphatic heterocycles. The summed E-state index contributed by atoms with van der Waals surface area (Å²) in [5.41, 5.74) is 6.95. The minimum Gasteiger partial charge on any atom is -0.384 e. The van der Waals surface area contributed by atoms with Gasteiger partial charge in [0.25, 0.3) is 5.91 Å². The molecule has 0 spiro atoms. The number of amides is 1. The van der Waals surface area contributed by atoms with Crippen molar-refractivity contribution in [2.75, 3.05) is 12.3 Å². The second kappa shape index (κ2) is 3.14. The molecule has 1 amide bonds. The Bertz CT molecular complexity index is 400. The molecule has 14 heavy (non-hydrogen) atoms. The molecule has 0 saturated carbocycles. The monoisotopic (exact) mass is 189 g/mol. The number of pyridine rings is 1. The number of carbonyl (C=O) groups is 1. The fourth-order valence-electron chi connectivity index (χ4n) is 1.56. The third-order valence-electron chi connectivity index (χ3n) is 2.20. The molecule has 1 aromatic rings. The molecule has 0 saturated heterocycles. The van der Waals surface area contributed by atoms with E-state index in [1.54, 1.807) is 23.1 Å². The van der Waals surface area contributed by atoms with Gasteiger partial charge in [-0.05, 0) is 12.1 Å². The summed E-state index contributed by atoms with van der Waals surface area (Å²) in [4.78, 5) is 17.5. The van der Waals surface area contributed by atoms with Gasteiger partial charge >= 0.3 is 0 Å². The van der Waals surface area contributed by atoms with Crippen LogP contribution in [-0.2, 0) is 6.54 Å². The number of carbonyl (C=O) groups excluding carboxylic acids is 1. The van der Waals surface area contributed by atoms with Gasteiger partial charge in [-0.1, -0.05) is 6.08 Å². The van der Waals surface area contributed by atoms with Gasteiger partial charge in [0.2, 0.25) is 0 Å². The van der Waals surface area contributed by atoms with Gasteiger partial charge in [0.1, 0.15) is 5.82 Å². The zero-order valence-corrected chi connectivity index (χ0v) is 7.73. The van der Waals surface area contributed by atoms with E-state index in [1.165, 1.54) is 0 Å². The number of fused-ring (bicyclic) bond motifs is 1. The SMILES string of the molecule is C=CCN1Cc2nc(N)ccc2C1=O. The summed E-state index contributed by atoms with van der Waals surface area (Å²) in [7, 11) is 0. The Morgan fingerprint density at radius 3 is 3.14 bits per heavy atom. The molecule has 1 aromatic heterocycles. The Kier molecular flexibility index (Phi) is 1.96. The molecule has 0 aliphatic carbocycles. The van der Waals surface area contributed by atoms with Crippen LogP contribution in [0.5, 0.6) is 0 Å². The number of nitrogen functional groups attached to an aromatic ring is 1. The Balaban J connectivity index is 2.35. The van der Waals surface area contributed by atoms with Crippen LogP contribution in [0.2, 0.25) is 0 Å². The van der Waals surface area contributed by atoms with Crippen LogP contribution in [-0.4, -0.2) is 22.3 Å². The molecule has 4 nitrogen and oxygen atoms in total. The summed E-state index contributed by atoms with van der Waals surface area (Å²) >= 11 is 0. The molecule has 2 N–H and O–H groups in total. The smallest absolute Gasteiger partial charge is 0.256 e. The number of rotatable bonds is 2. The van der Waals surface area contributed by atoms with Gasteiger partial charge in [-0.15, -0.1) is 6.58 Å². The third-order valence-corrected chi connectivity index (χ3v) is 2.20. The molecule has 2 rings (SSSR count). The molecule has 0 aromatic carbocycles. The number of nitrogens with two attached hydrogens (primary N) is 1. The summed E-state index contributed by atoms with van der Waals surface area (Å²) < 4.78 is 0. The lowest BCUT2D eigenvalue weighted by Crippen LogP contribution is -2.23. The van der Waals surface area contributed by atoms with Gasteiger partial charge in [0.05, 0.1) is 17.8 Å². The maximum atomic E-state index is 11.7. The molecule has 0 bridgehead atoms.